The van der Waals surface area contributed by atoms with E-state index in [1.165, 1.54) is 7.11 Å². The van der Waals surface area contributed by atoms with Crippen molar-refractivity contribution in [1.82, 2.24) is 4.57 Å². The number of furan rings is 1. The Morgan fingerprint density at radius 1 is 1.32 bits per heavy atom. The molecular weight excluding hydrogens is 242 g/mol. The van der Waals surface area contributed by atoms with Crippen molar-refractivity contribution in [3.63, 3.8) is 0 Å². The Balaban J connectivity index is 2.24. The predicted molar refractivity (Wildman–Crippen MR) is 72.0 cm³/mol. The summed E-state index contributed by atoms with van der Waals surface area (Å²) in [6, 6.07) is 9.62. The number of ether oxygens (including phenoxy) is 1. The monoisotopic (exact) mass is 255 g/mol. The summed E-state index contributed by atoms with van der Waals surface area (Å²) in [5, 5.41) is 0.864. The average Bonchev–Trinajstić information content (AvgIpc) is 3.06. The number of nitrogens with zero attached hydrogens (tertiary/aromatic N) is 1. The topological polar surface area (TPSA) is 44.4 Å². The van der Waals surface area contributed by atoms with Gasteiger partial charge in [0.2, 0.25) is 0 Å². The summed E-state index contributed by atoms with van der Waals surface area (Å²) < 4.78 is 12.1. The maximum atomic E-state index is 11.8. The molecule has 0 bridgehead atoms. The zero-order chi connectivity index (χ0) is 13.4. The first kappa shape index (κ1) is 11.6. The smallest absolute Gasteiger partial charge is 0.340 e. The van der Waals surface area contributed by atoms with Crippen LogP contribution in [0.25, 0.3) is 22.2 Å². The molecule has 0 unspecified atom stereocenters. The summed E-state index contributed by atoms with van der Waals surface area (Å²) in [5.41, 5.74) is 2.48. The SMILES string of the molecule is COC(=O)c1cn(C)c2ccc(-c3ccco3)cc12. The summed E-state index contributed by atoms with van der Waals surface area (Å²) in [4.78, 5) is 11.8. The van der Waals surface area contributed by atoms with E-state index in [-0.39, 0.29) is 5.97 Å². The summed E-state index contributed by atoms with van der Waals surface area (Å²) >= 11 is 0. The Hall–Kier alpha value is -2.49. The van der Waals surface area contributed by atoms with Gasteiger partial charge in [-0.05, 0) is 30.3 Å². The van der Waals surface area contributed by atoms with Gasteiger partial charge in [-0.25, -0.2) is 4.79 Å². The zero-order valence-electron chi connectivity index (χ0n) is 10.7. The van der Waals surface area contributed by atoms with Gasteiger partial charge in [-0.15, -0.1) is 0 Å². The van der Waals surface area contributed by atoms with Gasteiger partial charge in [0.25, 0.3) is 0 Å². The Morgan fingerprint density at radius 3 is 2.84 bits per heavy atom. The molecule has 4 nitrogen and oxygen atoms in total. The quantitative estimate of drug-likeness (QED) is 0.660. The number of carbonyl (C=O) groups excluding carboxylic acids is 1. The number of hydrogen-bond donors (Lipinski definition) is 0. The van der Waals surface area contributed by atoms with Gasteiger partial charge in [-0.3, -0.25) is 0 Å². The Bertz CT molecular complexity index is 738. The number of hydrogen-bond acceptors (Lipinski definition) is 3. The van der Waals surface area contributed by atoms with Gasteiger partial charge in [0.15, 0.2) is 0 Å². The molecule has 0 saturated carbocycles. The van der Waals surface area contributed by atoms with Gasteiger partial charge >= 0.3 is 5.97 Å². The maximum Gasteiger partial charge on any atom is 0.340 e. The lowest BCUT2D eigenvalue weighted by molar-refractivity contribution is 0.0603. The predicted octanol–water partition coefficient (Wildman–Crippen LogP) is 3.22. The molecule has 0 aliphatic carbocycles. The second kappa shape index (κ2) is 4.31. The van der Waals surface area contributed by atoms with Crippen LogP contribution < -0.4 is 0 Å². The molecule has 0 N–H and O–H groups in total. The molecule has 0 radical (unpaired) electrons. The summed E-state index contributed by atoms with van der Waals surface area (Å²) in [7, 11) is 3.29. The fourth-order valence-electron chi connectivity index (χ4n) is 2.26. The number of carbonyl (C=O) groups is 1. The molecule has 0 aliphatic heterocycles. The normalized spacial score (nSPS) is 10.8. The summed E-state index contributed by atoms with van der Waals surface area (Å²) in [6.07, 6.45) is 3.41. The molecule has 1 aromatic carbocycles. The molecular formula is C15H13NO3. The molecule has 2 aromatic heterocycles. The average molecular weight is 255 g/mol. The highest BCUT2D eigenvalue weighted by Crippen LogP contribution is 2.28. The zero-order valence-corrected chi connectivity index (χ0v) is 10.7. The third kappa shape index (κ3) is 1.81. The molecule has 0 atom stereocenters. The number of fused-ring (bicyclic) bond motifs is 1. The molecule has 0 spiro atoms. The van der Waals surface area contributed by atoms with Crippen LogP contribution in [0.5, 0.6) is 0 Å². The minimum atomic E-state index is -0.331. The fraction of sp³-hybridized carbons (Fsp3) is 0.133. The van der Waals surface area contributed by atoms with Crippen LogP contribution in [-0.4, -0.2) is 17.6 Å². The number of benzene rings is 1. The highest BCUT2D eigenvalue weighted by atomic mass is 16.5. The Kier molecular flexibility index (Phi) is 2.63. The standard InChI is InChI=1S/C15H13NO3/c1-16-9-12(15(17)18-2)11-8-10(5-6-13(11)16)14-4-3-7-19-14/h3-9H,1-2H3. The minimum Gasteiger partial charge on any atom is -0.465 e. The molecule has 3 aromatic rings. The second-order valence-corrected chi connectivity index (χ2v) is 4.35. The van der Waals surface area contributed by atoms with Crippen LogP contribution in [0.15, 0.2) is 47.2 Å². The number of esters is 1. The van der Waals surface area contributed by atoms with E-state index in [1.54, 1.807) is 12.5 Å². The molecule has 0 amide bonds. The molecule has 4 heteroatoms. The number of aromatic nitrogens is 1. The van der Waals surface area contributed by atoms with Crippen molar-refractivity contribution in [3.8, 4) is 11.3 Å². The summed E-state index contributed by atoms with van der Waals surface area (Å²) in [5.74, 6) is 0.448. The van der Waals surface area contributed by atoms with Gasteiger partial charge in [0.1, 0.15) is 5.76 Å². The summed E-state index contributed by atoms with van der Waals surface area (Å²) in [6.45, 7) is 0. The van der Waals surface area contributed by atoms with Gasteiger partial charge < -0.3 is 13.7 Å². The van der Waals surface area contributed by atoms with E-state index in [0.717, 1.165) is 22.2 Å². The van der Waals surface area contributed by atoms with E-state index in [4.69, 9.17) is 9.15 Å². The maximum absolute atomic E-state index is 11.8. The highest BCUT2D eigenvalue weighted by Gasteiger charge is 2.15. The van der Waals surface area contributed by atoms with Crippen LogP contribution in [0.2, 0.25) is 0 Å². The van der Waals surface area contributed by atoms with Crippen molar-refractivity contribution in [2.24, 2.45) is 7.05 Å². The molecule has 2 heterocycles. The van der Waals surface area contributed by atoms with Gasteiger partial charge in [-0.2, -0.15) is 0 Å². The Labute approximate surface area is 110 Å². The first-order chi connectivity index (χ1) is 9.20. The van der Waals surface area contributed by atoms with Gasteiger partial charge in [-0.1, -0.05) is 0 Å². The second-order valence-electron chi connectivity index (χ2n) is 4.35. The molecule has 19 heavy (non-hydrogen) atoms. The fourth-order valence-corrected chi connectivity index (χ4v) is 2.26. The van der Waals surface area contributed by atoms with Crippen molar-refractivity contribution < 1.29 is 13.9 Å². The highest BCUT2D eigenvalue weighted by molar-refractivity contribution is 6.05. The molecule has 0 saturated heterocycles. The van der Waals surface area contributed by atoms with E-state index in [1.807, 2.05) is 41.9 Å². The number of methoxy groups -OCH3 is 1. The van der Waals surface area contributed by atoms with Crippen molar-refractivity contribution >= 4 is 16.9 Å². The molecule has 0 aliphatic rings. The van der Waals surface area contributed by atoms with Crippen LogP contribution in [-0.2, 0) is 11.8 Å². The lowest BCUT2D eigenvalue weighted by atomic mass is 10.1. The van der Waals surface area contributed by atoms with Crippen LogP contribution >= 0.6 is 0 Å². The van der Waals surface area contributed by atoms with Crippen molar-refractivity contribution in [1.29, 1.82) is 0 Å². The van der Waals surface area contributed by atoms with Crippen LogP contribution in [0, 0.1) is 0 Å². The molecule has 0 fully saturated rings. The first-order valence-corrected chi connectivity index (χ1v) is 5.92. The van der Waals surface area contributed by atoms with Crippen LogP contribution in [0.1, 0.15) is 10.4 Å². The van der Waals surface area contributed by atoms with E-state index >= 15 is 0 Å². The molecule has 96 valence electrons. The van der Waals surface area contributed by atoms with E-state index in [0.29, 0.717) is 5.56 Å². The first-order valence-electron chi connectivity index (χ1n) is 5.92. The lowest BCUT2D eigenvalue weighted by Gasteiger charge is -2.00. The third-order valence-electron chi connectivity index (χ3n) is 3.20. The van der Waals surface area contributed by atoms with E-state index < -0.39 is 0 Å². The van der Waals surface area contributed by atoms with Crippen LogP contribution in [0.4, 0.5) is 0 Å². The van der Waals surface area contributed by atoms with E-state index in [2.05, 4.69) is 0 Å². The van der Waals surface area contributed by atoms with Crippen molar-refractivity contribution in [2.45, 2.75) is 0 Å². The van der Waals surface area contributed by atoms with Crippen LogP contribution in [0.3, 0.4) is 0 Å². The molecule has 3 rings (SSSR count). The van der Waals surface area contributed by atoms with E-state index in [9.17, 15) is 4.79 Å². The van der Waals surface area contributed by atoms with Crippen molar-refractivity contribution in [3.05, 3.63) is 48.4 Å². The van der Waals surface area contributed by atoms with Gasteiger partial charge in [0.05, 0.1) is 18.9 Å². The lowest BCUT2D eigenvalue weighted by Crippen LogP contribution is -1.99. The third-order valence-corrected chi connectivity index (χ3v) is 3.20. The Morgan fingerprint density at radius 2 is 2.16 bits per heavy atom. The largest absolute Gasteiger partial charge is 0.465 e. The minimum absolute atomic E-state index is 0.331. The van der Waals surface area contributed by atoms with Gasteiger partial charge in [0, 0.05) is 29.7 Å². The van der Waals surface area contributed by atoms with Crippen molar-refractivity contribution in [2.75, 3.05) is 7.11 Å². The number of rotatable bonds is 2. The number of aryl methyl sites for hydroxylation is 1.